The second kappa shape index (κ2) is 8.07. The minimum atomic E-state index is 0.120. The number of amides is 1. The summed E-state index contributed by atoms with van der Waals surface area (Å²) in [5.41, 5.74) is 1.20. The number of likely N-dealkylation sites (N-methyl/N-ethyl adjacent to an activating group) is 1. The fraction of sp³-hybridized carbons (Fsp3) is 0.421. The fourth-order valence-electron chi connectivity index (χ4n) is 2.99. The van der Waals surface area contributed by atoms with E-state index in [9.17, 15) is 4.79 Å². The van der Waals surface area contributed by atoms with Crippen molar-refractivity contribution in [3.8, 4) is 5.75 Å². The summed E-state index contributed by atoms with van der Waals surface area (Å²) in [6.45, 7) is 4.56. The number of benzene rings is 1. The van der Waals surface area contributed by atoms with Gasteiger partial charge in [0.05, 0.1) is 26.5 Å². The summed E-state index contributed by atoms with van der Waals surface area (Å²) >= 11 is 0. The molecule has 0 aliphatic carbocycles. The van der Waals surface area contributed by atoms with E-state index in [-0.39, 0.29) is 5.91 Å². The van der Waals surface area contributed by atoms with Gasteiger partial charge in [0.1, 0.15) is 11.5 Å². The van der Waals surface area contributed by atoms with E-state index < -0.39 is 0 Å². The first kappa shape index (κ1) is 17.4. The predicted octanol–water partition coefficient (Wildman–Crippen LogP) is 2.07. The normalized spacial score (nSPS) is 15.2. The van der Waals surface area contributed by atoms with Crippen molar-refractivity contribution in [1.82, 2.24) is 9.80 Å². The lowest BCUT2D eigenvalue weighted by molar-refractivity contribution is -0.131. The van der Waals surface area contributed by atoms with Crippen LogP contribution in [0.3, 0.4) is 0 Å². The highest BCUT2D eigenvalue weighted by atomic mass is 16.5. The topological polar surface area (TPSA) is 49.2 Å². The number of rotatable bonds is 6. The Morgan fingerprint density at radius 3 is 2.48 bits per heavy atom. The molecule has 0 unspecified atom stereocenters. The molecule has 0 radical (unpaired) electrons. The molecule has 6 nitrogen and oxygen atoms in total. The lowest BCUT2D eigenvalue weighted by Gasteiger charge is -2.36. The first-order valence-corrected chi connectivity index (χ1v) is 8.53. The average Bonchev–Trinajstić information content (AvgIpc) is 3.15. The number of anilines is 1. The van der Waals surface area contributed by atoms with E-state index in [1.807, 2.05) is 31.3 Å². The molecule has 134 valence electrons. The van der Waals surface area contributed by atoms with Crippen molar-refractivity contribution < 1.29 is 13.9 Å². The minimum absolute atomic E-state index is 0.120. The van der Waals surface area contributed by atoms with Crippen molar-refractivity contribution >= 4 is 11.6 Å². The van der Waals surface area contributed by atoms with Gasteiger partial charge < -0.3 is 19.0 Å². The van der Waals surface area contributed by atoms with Crippen LogP contribution in [0.5, 0.6) is 5.75 Å². The number of carbonyl (C=O) groups is 1. The predicted molar refractivity (Wildman–Crippen MR) is 96.8 cm³/mol. The van der Waals surface area contributed by atoms with E-state index >= 15 is 0 Å². The van der Waals surface area contributed by atoms with Crippen LogP contribution in [0.1, 0.15) is 5.76 Å². The highest BCUT2D eigenvalue weighted by molar-refractivity contribution is 5.78. The highest BCUT2D eigenvalue weighted by Crippen LogP contribution is 2.20. The van der Waals surface area contributed by atoms with Crippen LogP contribution in [0.25, 0.3) is 0 Å². The molecular formula is C19H25N3O3. The Morgan fingerprint density at radius 2 is 1.88 bits per heavy atom. The second-order valence-corrected chi connectivity index (χ2v) is 6.29. The molecule has 25 heavy (non-hydrogen) atoms. The van der Waals surface area contributed by atoms with Crippen molar-refractivity contribution in [1.29, 1.82) is 0 Å². The van der Waals surface area contributed by atoms with E-state index in [0.29, 0.717) is 13.1 Å². The summed E-state index contributed by atoms with van der Waals surface area (Å²) in [5.74, 6) is 1.79. The Hall–Kier alpha value is -2.47. The second-order valence-electron chi connectivity index (χ2n) is 6.29. The maximum Gasteiger partial charge on any atom is 0.236 e. The summed E-state index contributed by atoms with van der Waals surface area (Å²) in [6.07, 6.45) is 1.63. The van der Waals surface area contributed by atoms with Crippen LogP contribution in [0.15, 0.2) is 47.1 Å². The number of nitrogens with zero attached hydrogens (tertiary/aromatic N) is 3. The van der Waals surface area contributed by atoms with Gasteiger partial charge in [0.15, 0.2) is 0 Å². The number of piperazine rings is 1. The number of furan rings is 1. The van der Waals surface area contributed by atoms with Gasteiger partial charge in [0.25, 0.3) is 0 Å². The lowest BCUT2D eigenvalue weighted by Crippen LogP contribution is -2.49. The fourth-order valence-corrected chi connectivity index (χ4v) is 2.99. The summed E-state index contributed by atoms with van der Waals surface area (Å²) in [5, 5.41) is 0. The zero-order chi connectivity index (χ0) is 17.6. The number of hydrogen-bond donors (Lipinski definition) is 0. The van der Waals surface area contributed by atoms with Crippen LogP contribution in [0, 0.1) is 0 Å². The highest BCUT2D eigenvalue weighted by Gasteiger charge is 2.21. The average molecular weight is 343 g/mol. The van der Waals surface area contributed by atoms with Crippen molar-refractivity contribution in [2.75, 3.05) is 51.8 Å². The Labute approximate surface area is 148 Å². The molecule has 1 aromatic heterocycles. The third kappa shape index (κ3) is 4.54. The molecule has 0 atom stereocenters. The number of methoxy groups -OCH3 is 1. The molecule has 1 aromatic carbocycles. The maximum atomic E-state index is 12.4. The van der Waals surface area contributed by atoms with Gasteiger partial charge in [-0.25, -0.2) is 0 Å². The molecule has 2 aromatic rings. The molecular weight excluding hydrogens is 318 g/mol. The maximum absolute atomic E-state index is 12.4. The van der Waals surface area contributed by atoms with Crippen molar-refractivity contribution in [2.24, 2.45) is 0 Å². The molecule has 0 spiro atoms. The molecule has 6 heteroatoms. The molecule has 0 N–H and O–H groups in total. The van der Waals surface area contributed by atoms with Gasteiger partial charge in [-0.05, 0) is 36.4 Å². The quantitative estimate of drug-likeness (QED) is 0.804. The monoisotopic (exact) mass is 343 g/mol. The summed E-state index contributed by atoms with van der Waals surface area (Å²) in [4.78, 5) is 18.6. The van der Waals surface area contributed by atoms with Crippen LogP contribution in [0.4, 0.5) is 5.69 Å². The number of ether oxygens (including phenoxy) is 1. The standard InChI is InChI=1S/C19H25N3O3/c1-20(14-18-4-3-13-25-18)19(23)15-21-9-11-22(12-10-21)16-5-7-17(24-2)8-6-16/h3-8,13H,9-12,14-15H2,1-2H3. The Bertz CT molecular complexity index is 662. The SMILES string of the molecule is COc1ccc(N2CCN(CC(=O)N(C)Cc3ccco3)CC2)cc1. The third-order valence-corrected chi connectivity index (χ3v) is 4.57. The van der Waals surface area contributed by atoms with E-state index in [2.05, 4.69) is 21.9 Å². The first-order chi connectivity index (χ1) is 12.2. The lowest BCUT2D eigenvalue weighted by atomic mass is 10.2. The molecule has 0 bridgehead atoms. The van der Waals surface area contributed by atoms with Crippen molar-refractivity contribution in [3.63, 3.8) is 0 Å². The molecule has 1 saturated heterocycles. The summed E-state index contributed by atoms with van der Waals surface area (Å²) < 4.78 is 10.5. The first-order valence-electron chi connectivity index (χ1n) is 8.53. The third-order valence-electron chi connectivity index (χ3n) is 4.57. The van der Waals surface area contributed by atoms with Crippen LogP contribution in [-0.4, -0.2) is 62.6 Å². The number of carbonyl (C=O) groups excluding carboxylic acids is 1. The molecule has 1 amide bonds. The summed E-state index contributed by atoms with van der Waals surface area (Å²) in [6, 6.07) is 11.8. The van der Waals surface area contributed by atoms with Gasteiger partial charge >= 0.3 is 0 Å². The Balaban J connectivity index is 1.46. The number of hydrogen-bond acceptors (Lipinski definition) is 5. The van der Waals surface area contributed by atoms with E-state index in [4.69, 9.17) is 9.15 Å². The van der Waals surface area contributed by atoms with Crippen molar-refractivity contribution in [2.45, 2.75) is 6.54 Å². The van der Waals surface area contributed by atoms with Gasteiger partial charge in [-0.15, -0.1) is 0 Å². The zero-order valence-corrected chi connectivity index (χ0v) is 14.9. The van der Waals surface area contributed by atoms with Gasteiger partial charge in [-0.2, -0.15) is 0 Å². The smallest absolute Gasteiger partial charge is 0.236 e. The zero-order valence-electron chi connectivity index (χ0n) is 14.9. The summed E-state index contributed by atoms with van der Waals surface area (Å²) in [7, 11) is 3.49. The van der Waals surface area contributed by atoms with E-state index in [1.54, 1.807) is 18.3 Å². The van der Waals surface area contributed by atoms with Crippen LogP contribution < -0.4 is 9.64 Å². The Morgan fingerprint density at radius 1 is 1.16 bits per heavy atom. The molecule has 1 aliphatic rings. The van der Waals surface area contributed by atoms with Gasteiger partial charge in [0.2, 0.25) is 5.91 Å². The van der Waals surface area contributed by atoms with Crippen LogP contribution in [-0.2, 0) is 11.3 Å². The van der Waals surface area contributed by atoms with E-state index in [0.717, 1.165) is 37.7 Å². The van der Waals surface area contributed by atoms with Gasteiger partial charge in [0, 0.05) is 38.9 Å². The van der Waals surface area contributed by atoms with Gasteiger partial charge in [-0.3, -0.25) is 9.69 Å². The van der Waals surface area contributed by atoms with Crippen molar-refractivity contribution in [3.05, 3.63) is 48.4 Å². The Kier molecular flexibility index (Phi) is 5.60. The largest absolute Gasteiger partial charge is 0.497 e. The molecule has 3 rings (SSSR count). The molecule has 1 aliphatic heterocycles. The van der Waals surface area contributed by atoms with Gasteiger partial charge in [-0.1, -0.05) is 0 Å². The molecule has 0 saturated carbocycles. The van der Waals surface area contributed by atoms with E-state index in [1.165, 1.54) is 5.69 Å². The van der Waals surface area contributed by atoms with Crippen LogP contribution in [0.2, 0.25) is 0 Å². The molecule has 1 fully saturated rings. The van der Waals surface area contributed by atoms with Crippen LogP contribution >= 0.6 is 0 Å². The minimum Gasteiger partial charge on any atom is -0.497 e. The molecule has 2 heterocycles.